The molecule has 0 spiro atoms. The molecule has 2 atom stereocenters. The van der Waals surface area contributed by atoms with Gasteiger partial charge in [0.05, 0.1) is 22.7 Å². The number of morpholine rings is 1. The van der Waals surface area contributed by atoms with E-state index in [1.165, 1.54) is 34.6 Å². The van der Waals surface area contributed by atoms with Crippen molar-refractivity contribution in [1.82, 2.24) is 18.9 Å². The lowest BCUT2D eigenvalue weighted by Gasteiger charge is -2.34. The van der Waals surface area contributed by atoms with Crippen LogP contribution in [0.2, 0.25) is 0 Å². The first-order valence-corrected chi connectivity index (χ1v) is 12.2. The molecule has 0 N–H and O–H groups in total. The summed E-state index contributed by atoms with van der Waals surface area (Å²) in [5, 5.41) is 4.54. The van der Waals surface area contributed by atoms with Crippen LogP contribution in [0.4, 0.5) is 0 Å². The zero-order chi connectivity index (χ0) is 23.0. The predicted molar refractivity (Wildman–Crippen MR) is 116 cm³/mol. The molecule has 0 amide bonds. The van der Waals surface area contributed by atoms with Crippen molar-refractivity contribution >= 4 is 32.3 Å². The second-order valence-corrected chi connectivity index (χ2v) is 10.6. The van der Waals surface area contributed by atoms with Gasteiger partial charge in [-0.15, -0.1) is 0 Å². The van der Waals surface area contributed by atoms with E-state index in [0.29, 0.717) is 15.7 Å². The number of carbonyl (C=O) groups excluding carboxylic acids is 1. The van der Waals surface area contributed by atoms with E-state index in [9.17, 15) is 18.0 Å². The molecule has 12 heteroatoms. The van der Waals surface area contributed by atoms with Crippen molar-refractivity contribution in [2.24, 2.45) is 0 Å². The van der Waals surface area contributed by atoms with Gasteiger partial charge in [0.15, 0.2) is 5.01 Å². The van der Waals surface area contributed by atoms with Gasteiger partial charge in [-0.25, -0.2) is 18.2 Å². The molecule has 0 aliphatic carbocycles. The van der Waals surface area contributed by atoms with Gasteiger partial charge in [0.1, 0.15) is 6.61 Å². The Bertz CT molecular complexity index is 1310. The number of esters is 1. The summed E-state index contributed by atoms with van der Waals surface area (Å²) in [6, 6.07) is 6.98. The summed E-state index contributed by atoms with van der Waals surface area (Å²) in [7, 11) is -3.69. The van der Waals surface area contributed by atoms with Crippen LogP contribution in [0.5, 0.6) is 0 Å². The first-order chi connectivity index (χ1) is 15.1. The predicted octanol–water partition coefficient (Wildman–Crippen LogP) is 1.61. The molecule has 2 aromatic heterocycles. The average molecular weight is 479 g/mol. The van der Waals surface area contributed by atoms with E-state index in [1.807, 2.05) is 13.8 Å². The van der Waals surface area contributed by atoms with E-state index in [1.54, 1.807) is 6.92 Å². The lowest BCUT2D eigenvalue weighted by atomic mass is 10.2. The highest BCUT2D eigenvalue weighted by Crippen LogP contribution is 2.22. The largest absolute Gasteiger partial charge is 0.455 e. The highest BCUT2D eigenvalue weighted by Gasteiger charge is 2.32. The summed E-state index contributed by atoms with van der Waals surface area (Å²) < 4.78 is 39.3. The number of nitrogens with zero attached hydrogens (tertiary/aromatic N) is 4. The zero-order valence-electron chi connectivity index (χ0n) is 17.7. The standard InChI is InChI=1S/C20H22N4O6S2/c1-12-8-18(25)24-20(21-12)31-17(22-24)11-29-19(26)15-4-6-16(7-5-15)32(27,28)23-9-13(2)30-14(3)10-23/h4-8,13-14H,9-11H2,1-3H3. The quantitative estimate of drug-likeness (QED) is 0.507. The van der Waals surface area contributed by atoms with E-state index < -0.39 is 16.0 Å². The molecular weight excluding hydrogens is 456 g/mol. The number of hydrogen-bond donors (Lipinski definition) is 0. The Morgan fingerprint density at radius 3 is 2.53 bits per heavy atom. The second-order valence-electron chi connectivity index (χ2n) is 7.61. The van der Waals surface area contributed by atoms with Crippen molar-refractivity contribution in [3.05, 3.63) is 57.0 Å². The lowest BCUT2D eigenvalue weighted by molar-refractivity contribution is -0.0440. The first kappa shape index (κ1) is 22.5. The van der Waals surface area contributed by atoms with Crippen LogP contribution < -0.4 is 5.56 Å². The summed E-state index contributed by atoms with van der Waals surface area (Å²) >= 11 is 1.15. The molecule has 3 aromatic rings. The smallest absolute Gasteiger partial charge is 0.338 e. The summed E-state index contributed by atoms with van der Waals surface area (Å²) in [6.07, 6.45) is -0.388. The number of benzene rings is 1. The number of sulfonamides is 1. The summed E-state index contributed by atoms with van der Waals surface area (Å²) in [5.41, 5.74) is 0.486. The molecule has 2 unspecified atom stereocenters. The van der Waals surface area contributed by atoms with Gasteiger partial charge in [-0.2, -0.15) is 13.9 Å². The topological polar surface area (TPSA) is 120 Å². The molecule has 1 fully saturated rings. The Kier molecular flexibility index (Phi) is 6.12. The SMILES string of the molecule is Cc1cc(=O)n2nc(COC(=O)c3ccc(S(=O)(=O)N4CC(C)OC(C)C4)cc3)sc2n1. The van der Waals surface area contributed by atoms with Crippen LogP contribution in [0.3, 0.4) is 0 Å². The van der Waals surface area contributed by atoms with Crippen LogP contribution in [0.15, 0.2) is 40.0 Å². The van der Waals surface area contributed by atoms with Crippen molar-refractivity contribution in [2.45, 2.75) is 44.5 Å². The fourth-order valence-electron chi connectivity index (χ4n) is 3.47. The monoisotopic (exact) mass is 478 g/mol. The highest BCUT2D eigenvalue weighted by atomic mass is 32.2. The summed E-state index contributed by atoms with van der Waals surface area (Å²) in [6.45, 7) is 5.79. The Balaban J connectivity index is 1.44. The number of rotatable bonds is 5. The van der Waals surface area contributed by atoms with Gasteiger partial charge >= 0.3 is 5.97 Å². The van der Waals surface area contributed by atoms with Gasteiger partial charge in [-0.05, 0) is 45.0 Å². The molecule has 1 aliphatic rings. The van der Waals surface area contributed by atoms with Crippen molar-refractivity contribution < 1.29 is 22.7 Å². The molecular formula is C20H22N4O6S2. The number of fused-ring (bicyclic) bond motifs is 1. The molecule has 1 aromatic carbocycles. The molecule has 0 radical (unpaired) electrons. The van der Waals surface area contributed by atoms with E-state index >= 15 is 0 Å². The lowest BCUT2D eigenvalue weighted by Crippen LogP contribution is -2.48. The van der Waals surface area contributed by atoms with E-state index in [0.717, 1.165) is 15.9 Å². The second kappa shape index (κ2) is 8.70. The number of ether oxygens (including phenoxy) is 2. The van der Waals surface area contributed by atoms with Crippen LogP contribution in [-0.2, 0) is 26.1 Å². The van der Waals surface area contributed by atoms with Crippen molar-refractivity contribution in [3.63, 3.8) is 0 Å². The Hall–Kier alpha value is -2.67. The number of hydrogen-bond acceptors (Lipinski definition) is 9. The van der Waals surface area contributed by atoms with Crippen molar-refractivity contribution in [2.75, 3.05) is 13.1 Å². The third-order valence-corrected chi connectivity index (χ3v) is 7.58. The maximum atomic E-state index is 12.9. The maximum absolute atomic E-state index is 12.9. The van der Waals surface area contributed by atoms with E-state index in [4.69, 9.17) is 9.47 Å². The molecule has 0 saturated carbocycles. The van der Waals surface area contributed by atoms with Gasteiger partial charge in [-0.1, -0.05) is 11.3 Å². The fourth-order valence-corrected chi connectivity index (χ4v) is 5.92. The van der Waals surface area contributed by atoms with Crippen LogP contribution in [-0.4, -0.2) is 58.6 Å². The normalized spacial score (nSPS) is 19.8. The van der Waals surface area contributed by atoms with Crippen LogP contribution in [0.1, 0.15) is 34.9 Å². The minimum Gasteiger partial charge on any atom is -0.455 e. The highest BCUT2D eigenvalue weighted by molar-refractivity contribution is 7.89. The summed E-state index contributed by atoms with van der Waals surface area (Å²) in [5.74, 6) is -0.627. The third-order valence-electron chi connectivity index (χ3n) is 4.86. The van der Waals surface area contributed by atoms with Gasteiger partial charge in [0, 0.05) is 24.8 Å². The molecule has 1 aliphatic heterocycles. The number of carbonyl (C=O) groups is 1. The van der Waals surface area contributed by atoms with E-state index in [2.05, 4.69) is 10.1 Å². The van der Waals surface area contributed by atoms with E-state index in [-0.39, 0.29) is 47.9 Å². The van der Waals surface area contributed by atoms with Crippen molar-refractivity contribution in [3.8, 4) is 0 Å². The molecule has 32 heavy (non-hydrogen) atoms. The molecule has 1 saturated heterocycles. The van der Waals surface area contributed by atoms with Crippen LogP contribution >= 0.6 is 11.3 Å². The van der Waals surface area contributed by atoms with Gasteiger partial charge in [-0.3, -0.25) is 4.79 Å². The van der Waals surface area contributed by atoms with Gasteiger partial charge in [0.2, 0.25) is 15.0 Å². The number of aromatic nitrogens is 3. The molecule has 170 valence electrons. The zero-order valence-corrected chi connectivity index (χ0v) is 19.4. The Morgan fingerprint density at radius 2 is 1.88 bits per heavy atom. The average Bonchev–Trinajstić information content (AvgIpc) is 3.14. The maximum Gasteiger partial charge on any atom is 0.338 e. The molecule has 3 heterocycles. The van der Waals surface area contributed by atoms with Crippen LogP contribution in [0, 0.1) is 6.92 Å². The molecule has 0 bridgehead atoms. The van der Waals surface area contributed by atoms with Gasteiger partial charge < -0.3 is 9.47 Å². The molecule has 10 nitrogen and oxygen atoms in total. The third kappa shape index (κ3) is 4.58. The number of aryl methyl sites for hydroxylation is 1. The fraction of sp³-hybridized carbons (Fsp3) is 0.400. The Labute approximate surface area is 188 Å². The minimum absolute atomic E-state index is 0.0994. The molecule has 4 rings (SSSR count). The Morgan fingerprint density at radius 1 is 1.22 bits per heavy atom. The minimum atomic E-state index is -3.69. The summed E-state index contributed by atoms with van der Waals surface area (Å²) in [4.78, 5) is 29.1. The van der Waals surface area contributed by atoms with Crippen LogP contribution in [0.25, 0.3) is 4.96 Å². The van der Waals surface area contributed by atoms with Crippen molar-refractivity contribution in [1.29, 1.82) is 0 Å². The van der Waals surface area contributed by atoms with Gasteiger partial charge in [0.25, 0.3) is 5.56 Å². The first-order valence-electron chi connectivity index (χ1n) is 9.92.